The number of ether oxygens (including phenoxy) is 1. The first-order valence-electron chi connectivity index (χ1n) is 19.6. The topological polar surface area (TPSA) is 163 Å². The Kier molecular flexibility index (Phi) is 18.2. The average molecular weight is 736 g/mol. The van der Waals surface area contributed by atoms with Crippen molar-refractivity contribution in [1.82, 2.24) is 25.9 Å². The highest BCUT2D eigenvalue weighted by Gasteiger charge is 2.33. The summed E-state index contributed by atoms with van der Waals surface area (Å²) in [6, 6.07) is 8.02. The Morgan fingerprint density at radius 3 is 2.36 bits per heavy atom. The van der Waals surface area contributed by atoms with E-state index in [1.807, 2.05) is 57.2 Å². The first kappa shape index (κ1) is 43.4. The fourth-order valence-corrected chi connectivity index (χ4v) is 7.04. The van der Waals surface area contributed by atoms with Gasteiger partial charge in [0.2, 0.25) is 17.7 Å². The van der Waals surface area contributed by atoms with Crippen molar-refractivity contribution in [3.8, 4) is 0 Å². The van der Waals surface area contributed by atoms with Gasteiger partial charge < -0.3 is 30.8 Å². The SMILES string of the molecule is C=C[C@@H](C[C@@H](O)[C@H](CC1CCCCC1)NC(=O)[C@H](Cc1cnc[nH]1)NC(=O)[C@H](CC(=O)NCCCCC(=O)OC(C)(C)C)Cc1ccccc1)C(C)C. The molecular formula is C42H65N5O6. The zero-order chi connectivity index (χ0) is 38.8. The molecule has 11 heteroatoms. The smallest absolute Gasteiger partial charge is 0.306 e. The van der Waals surface area contributed by atoms with Gasteiger partial charge in [0.1, 0.15) is 11.6 Å². The number of esters is 1. The molecule has 0 bridgehead atoms. The molecule has 5 atom stereocenters. The van der Waals surface area contributed by atoms with Crippen molar-refractivity contribution >= 4 is 23.7 Å². The van der Waals surface area contributed by atoms with E-state index in [2.05, 4.69) is 46.3 Å². The zero-order valence-electron chi connectivity index (χ0n) is 32.7. The fourth-order valence-electron chi connectivity index (χ4n) is 7.04. The zero-order valence-corrected chi connectivity index (χ0v) is 32.7. The number of H-pyrrole nitrogens is 1. The highest BCUT2D eigenvalue weighted by Crippen LogP contribution is 2.30. The number of unbranched alkanes of at least 4 members (excludes halogenated alkanes) is 1. The van der Waals surface area contributed by atoms with Crippen LogP contribution in [0.5, 0.6) is 0 Å². The number of nitrogens with zero attached hydrogens (tertiary/aromatic N) is 1. The minimum absolute atomic E-state index is 0.0770. The first-order valence-corrected chi connectivity index (χ1v) is 19.6. The summed E-state index contributed by atoms with van der Waals surface area (Å²) in [5, 5.41) is 20.6. The molecule has 1 aliphatic rings. The molecule has 0 spiro atoms. The molecule has 1 fully saturated rings. The van der Waals surface area contributed by atoms with Crippen LogP contribution in [0, 0.1) is 23.7 Å². The minimum atomic E-state index is -0.974. The van der Waals surface area contributed by atoms with Crippen LogP contribution in [0.2, 0.25) is 0 Å². The number of carbonyl (C=O) groups excluding carboxylic acids is 4. The monoisotopic (exact) mass is 735 g/mol. The molecule has 2 aromatic rings. The van der Waals surface area contributed by atoms with E-state index in [9.17, 15) is 24.3 Å². The van der Waals surface area contributed by atoms with Crippen LogP contribution in [-0.2, 0) is 36.8 Å². The summed E-state index contributed by atoms with van der Waals surface area (Å²) in [5.74, 6) is -1.34. The number of nitrogens with one attached hydrogen (secondary N) is 4. The van der Waals surface area contributed by atoms with E-state index in [1.54, 1.807) is 6.20 Å². The molecule has 5 N–H and O–H groups in total. The molecule has 1 saturated carbocycles. The van der Waals surface area contributed by atoms with Crippen molar-refractivity contribution in [3.63, 3.8) is 0 Å². The van der Waals surface area contributed by atoms with Gasteiger partial charge in [0.15, 0.2) is 0 Å². The molecule has 3 amide bonds. The first-order chi connectivity index (χ1) is 25.2. The number of hydrogen-bond acceptors (Lipinski definition) is 7. The Morgan fingerprint density at radius 2 is 1.74 bits per heavy atom. The Hall–Kier alpha value is -3.99. The van der Waals surface area contributed by atoms with E-state index < -0.39 is 35.6 Å². The number of aliphatic hydroxyl groups is 1. The molecule has 0 aliphatic heterocycles. The summed E-state index contributed by atoms with van der Waals surface area (Å²) in [7, 11) is 0. The van der Waals surface area contributed by atoms with Crippen LogP contribution in [0.25, 0.3) is 0 Å². The molecule has 1 aliphatic carbocycles. The van der Waals surface area contributed by atoms with Gasteiger partial charge in [-0.1, -0.05) is 82.4 Å². The van der Waals surface area contributed by atoms with E-state index in [1.165, 1.54) is 12.7 Å². The summed E-state index contributed by atoms with van der Waals surface area (Å²) < 4.78 is 5.36. The Labute approximate surface area is 316 Å². The third kappa shape index (κ3) is 16.7. The minimum Gasteiger partial charge on any atom is -0.460 e. The maximum atomic E-state index is 14.2. The van der Waals surface area contributed by atoms with Crippen molar-refractivity contribution in [3.05, 3.63) is 66.8 Å². The number of carbonyl (C=O) groups is 4. The lowest BCUT2D eigenvalue weighted by Gasteiger charge is -2.33. The van der Waals surface area contributed by atoms with Crippen molar-refractivity contribution in [2.45, 2.75) is 142 Å². The van der Waals surface area contributed by atoms with E-state index in [-0.39, 0.29) is 48.9 Å². The highest BCUT2D eigenvalue weighted by molar-refractivity contribution is 5.91. The lowest BCUT2D eigenvalue weighted by molar-refractivity contribution is -0.154. The maximum absolute atomic E-state index is 14.2. The van der Waals surface area contributed by atoms with Crippen LogP contribution in [0.4, 0.5) is 0 Å². The normalized spacial score (nSPS) is 16.5. The van der Waals surface area contributed by atoms with Gasteiger partial charge in [-0.3, -0.25) is 19.2 Å². The number of benzene rings is 1. The van der Waals surface area contributed by atoms with Gasteiger partial charge in [0.05, 0.1) is 24.4 Å². The Morgan fingerprint density at radius 1 is 1.02 bits per heavy atom. The van der Waals surface area contributed by atoms with Gasteiger partial charge >= 0.3 is 5.97 Å². The average Bonchev–Trinajstić information content (AvgIpc) is 3.62. The second-order valence-electron chi connectivity index (χ2n) is 16.1. The van der Waals surface area contributed by atoms with E-state index in [0.29, 0.717) is 50.3 Å². The molecule has 53 heavy (non-hydrogen) atoms. The lowest BCUT2D eigenvalue weighted by atomic mass is 9.81. The van der Waals surface area contributed by atoms with Gasteiger partial charge in [-0.05, 0) is 76.2 Å². The van der Waals surface area contributed by atoms with Crippen molar-refractivity contribution < 1.29 is 29.0 Å². The number of aromatic nitrogens is 2. The number of amides is 3. The van der Waals surface area contributed by atoms with Gasteiger partial charge in [0.25, 0.3) is 0 Å². The maximum Gasteiger partial charge on any atom is 0.306 e. The number of aliphatic hydroxyl groups excluding tert-OH is 1. The summed E-state index contributed by atoms with van der Waals surface area (Å²) in [6.07, 6.45) is 12.8. The predicted octanol–water partition coefficient (Wildman–Crippen LogP) is 5.98. The number of rotatable bonds is 22. The van der Waals surface area contributed by atoms with E-state index in [4.69, 9.17) is 4.74 Å². The number of imidazole rings is 1. The van der Waals surface area contributed by atoms with Gasteiger partial charge in [-0.2, -0.15) is 0 Å². The molecule has 1 aromatic carbocycles. The van der Waals surface area contributed by atoms with Crippen LogP contribution in [0.15, 0.2) is 55.5 Å². The second-order valence-corrected chi connectivity index (χ2v) is 16.1. The number of aromatic amines is 1. The summed E-state index contributed by atoms with van der Waals surface area (Å²) >= 11 is 0. The van der Waals surface area contributed by atoms with Gasteiger partial charge in [-0.15, -0.1) is 6.58 Å². The van der Waals surface area contributed by atoms with Gasteiger partial charge in [0, 0.05) is 37.7 Å². The van der Waals surface area contributed by atoms with Crippen LogP contribution < -0.4 is 16.0 Å². The largest absolute Gasteiger partial charge is 0.460 e. The highest BCUT2D eigenvalue weighted by atomic mass is 16.6. The van der Waals surface area contributed by atoms with Crippen LogP contribution in [0.1, 0.15) is 117 Å². The van der Waals surface area contributed by atoms with Crippen molar-refractivity contribution in [1.29, 1.82) is 0 Å². The predicted molar refractivity (Wildman–Crippen MR) is 207 cm³/mol. The quantitative estimate of drug-likeness (QED) is 0.0565. The molecule has 11 nitrogen and oxygen atoms in total. The lowest BCUT2D eigenvalue weighted by Crippen LogP contribution is -2.55. The molecule has 294 valence electrons. The van der Waals surface area contributed by atoms with Crippen molar-refractivity contribution in [2.75, 3.05) is 6.54 Å². The molecule has 1 heterocycles. The summed E-state index contributed by atoms with van der Waals surface area (Å²) in [5.41, 5.74) is 1.02. The number of allylic oxidation sites excluding steroid dienone is 1. The third-order valence-corrected chi connectivity index (χ3v) is 10.1. The van der Waals surface area contributed by atoms with E-state index >= 15 is 0 Å². The molecule has 3 rings (SSSR count). The molecule has 0 unspecified atom stereocenters. The van der Waals surface area contributed by atoms with E-state index in [0.717, 1.165) is 31.2 Å². The number of hydrogen-bond donors (Lipinski definition) is 5. The van der Waals surface area contributed by atoms with Crippen LogP contribution >= 0.6 is 0 Å². The molecular weight excluding hydrogens is 670 g/mol. The summed E-state index contributed by atoms with van der Waals surface area (Å²) in [6.45, 7) is 14.0. The second kappa shape index (κ2) is 22.3. The Bertz CT molecular complexity index is 1400. The fraction of sp³-hybridized carbons (Fsp3) is 0.643. The Balaban J connectivity index is 1.74. The van der Waals surface area contributed by atoms with Crippen LogP contribution in [0.3, 0.4) is 0 Å². The van der Waals surface area contributed by atoms with Crippen LogP contribution in [-0.4, -0.2) is 69.1 Å². The third-order valence-electron chi connectivity index (χ3n) is 10.1. The molecule has 1 aromatic heterocycles. The van der Waals surface area contributed by atoms with Gasteiger partial charge in [-0.25, -0.2) is 4.98 Å². The standard InChI is InChI=1S/C42H65N5O6/c1-7-32(29(2)3)24-37(48)35(23-31-18-12-9-13-19-31)46-41(52)36(26-34-27-43-28-45-34)47-40(51)33(22-30-16-10-8-11-17-30)25-38(49)44-21-15-14-20-39(50)53-42(4,5)6/h7-8,10-11,16-17,27-29,31-33,35-37,48H,1,9,12-15,18-26H2,2-6H3,(H,43,45)(H,44,49)(H,46,52)(H,47,51)/t32-,33-,35-,36-,37+/m0/s1. The molecule has 0 radical (unpaired) electrons. The summed E-state index contributed by atoms with van der Waals surface area (Å²) in [4.78, 5) is 60.6. The van der Waals surface area contributed by atoms with Crippen molar-refractivity contribution in [2.24, 2.45) is 23.7 Å². The molecule has 0 saturated heterocycles.